The summed E-state index contributed by atoms with van der Waals surface area (Å²) >= 11 is 12.3. The number of carboxylic acids is 2. The molecule has 0 saturated heterocycles. The number of halogens is 2. The van der Waals surface area contributed by atoms with E-state index in [1.165, 1.54) is 30.3 Å². The molecule has 0 radical (unpaired) electrons. The van der Waals surface area contributed by atoms with Crippen molar-refractivity contribution in [1.29, 1.82) is 0 Å². The number of anilines is 1. The molecule has 2 aromatic rings. The number of carboxylic acid groups (broad SMARTS) is 2. The molecule has 1 heterocycles. The predicted molar refractivity (Wildman–Crippen MR) is 97.6 cm³/mol. The summed E-state index contributed by atoms with van der Waals surface area (Å²) in [6.07, 6.45) is 2.04. The van der Waals surface area contributed by atoms with Gasteiger partial charge in [0, 0.05) is 27.6 Å². The van der Waals surface area contributed by atoms with Crippen LogP contribution in [0.2, 0.25) is 10.0 Å². The summed E-state index contributed by atoms with van der Waals surface area (Å²) in [5, 5.41) is 20.1. The van der Waals surface area contributed by atoms with Crippen LogP contribution < -0.4 is 16.3 Å². The van der Waals surface area contributed by atoms with Crippen molar-refractivity contribution in [2.24, 2.45) is 4.99 Å². The molecule has 0 aliphatic carbocycles. The third-order valence-corrected chi connectivity index (χ3v) is 4.53. The molecule has 1 aliphatic heterocycles. The van der Waals surface area contributed by atoms with Gasteiger partial charge in [-0.25, -0.2) is 9.59 Å². The molecular weight excluding hydrogens is 379 g/mol. The Morgan fingerprint density at radius 3 is 2.35 bits per heavy atom. The lowest BCUT2D eigenvalue weighted by atomic mass is 9.83. The van der Waals surface area contributed by atoms with Crippen molar-refractivity contribution in [2.45, 2.75) is 5.54 Å². The van der Waals surface area contributed by atoms with E-state index < -0.39 is 17.5 Å². The molecule has 0 spiro atoms. The van der Waals surface area contributed by atoms with Crippen LogP contribution in [-0.2, 0) is 15.1 Å². The Balaban J connectivity index is 2.46. The Labute approximate surface area is 157 Å². The summed E-state index contributed by atoms with van der Waals surface area (Å²) < 4.78 is 0. The smallest absolute Gasteiger partial charge is 0.341 e. The van der Waals surface area contributed by atoms with Crippen molar-refractivity contribution in [1.82, 2.24) is 0 Å². The van der Waals surface area contributed by atoms with Gasteiger partial charge in [-0.1, -0.05) is 35.3 Å². The molecule has 8 heteroatoms. The van der Waals surface area contributed by atoms with Gasteiger partial charge in [0.2, 0.25) is 5.54 Å². The van der Waals surface area contributed by atoms with Crippen LogP contribution in [0.3, 0.4) is 0 Å². The van der Waals surface area contributed by atoms with Crippen molar-refractivity contribution >= 4 is 46.4 Å². The quantitative estimate of drug-likeness (QED) is 0.545. The third-order valence-electron chi connectivity index (χ3n) is 4.01. The van der Waals surface area contributed by atoms with Gasteiger partial charge in [-0.2, -0.15) is 0 Å². The molecule has 0 fully saturated rings. The zero-order valence-electron chi connectivity index (χ0n) is 13.1. The first-order valence-electron chi connectivity index (χ1n) is 7.36. The fourth-order valence-electron chi connectivity index (χ4n) is 2.93. The molecule has 1 aliphatic rings. The Bertz CT molecular complexity index is 1080. The second kappa shape index (κ2) is 6.48. The fourth-order valence-corrected chi connectivity index (χ4v) is 3.51. The van der Waals surface area contributed by atoms with Gasteiger partial charge in [0.05, 0.1) is 10.4 Å². The Morgan fingerprint density at radius 1 is 1.12 bits per heavy atom. The minimum Gasteiger partial charge on any atom is -0.479 e. The average Bonchev–Trinajstić information content (AvgIpc) is 2.89. The zero-order chi connectivity index (χ0) is 19.1. The summed E-state index contributed by atoms with van der Waals surface area (Å²) in [5.74, 6) is -2.51. The summed E-state index contributed by atoms with van der Waals surface area (Å²) in [6, 6.07) is 9.09. The maximum absolute atomic E-state index is 12.3. The minimum absolute atomic E-state index is 0.133. The van der Waals surface area contributed by atoms with Crippen molar-refractivity contribution in [3.8, 4) is 0 Å². The lowest BCUT2D eigenvalue weighted by molar-refractivity contribution is -0.141. The van der Waals surface area contributed by atoms with Gasteiger partial charge >= 0.3 is 11.9 Å². The van der Waals surface area contributed by atoms with Crippen molar-refractivity contribution in [3.63, 3.8) is 0 Å². The highest BCUT2D eigenvalue weighted by molar-refractivity contribution is 6.34. The molecule has 0 bridgehead atoms. The molecular formula is C18H12Cl2N2O4. The van der Waals surface area contributed by atoms with Gasteiger partial charge in [0.1, 0.15) is 0 Å². The van der Waals surface area contributed by atoms with E-state index >= 15 is 0 Å². The van der Waals surface area contributed by atoms with Crippen molar-refractivity contribution < 1.29 is 19.8 Å². The van der Waals surface area contributed by atoms with Crippen LogP contribution in [0.5, 0.6) is 0 Å². The lowest BCUT2D eigenvalue weighted by Gasteiger charge is -2.24. The van der Waals surface area contributed by atoms with E-state index in [4.69, 9.17) is 34.0 Å². The summed E-state index contributed by atoms with van der Waals surface area (Å²) in [7, 11) is 0. The maximum atomic E-state index is 12.3. The number of nitrogen functional groups attached to an aromatic ring is 1. The molecule has 3 rings (SSSR count). The molecule has 6 nitrogen and oxygen atoms in total. The van der Waals surface area contributed by atoms with E-state index in [9.17, 15) is 14.7 Å². The third kappa shape index (κ3) is 2.83. The number of rotatable bonds is 4. The van der Waals surface area contributed by atoms with Gasteiger partial charge < -0.3 is 15.9 Å². The maximum Gasteiger partial charge on any atom is 0.341 e. The van der Waals surface area contributed by atoms with Gasteiger partial charge in [0.15, 0.2) is 0 Å². The van der Waals surface area contributed by atoms with E-state index in [1.54, 1.807) is 12.1 Å². The van der Waals surface area contributed by atoms with Gasteiger partial charge in [0.25, 0.3) is 0 Å². The van der Waals surface area contributed by atoms with Gasteiger partial charge in [-0.3, -0.25) is 4.99 Å². The Hall–Kier alpha value is -2.83. The molecule has 26 heavy (non-hydrogen) atoms. The molecule has 132 valence electrons. The predicted octanol–water partition coefficient (Wildman–Crippen LogP) is 1.98. The summed E-state index contributed by atoms with van der Waals surface area (Å²) in [6.45, 7) is 0. The Morgan fingerprint density at radius 2 is 1.77 bits per heavy atom. The minimum atomic E-state index is -1.86. The average molecular weight is 391 g/mol. The molecule has 0 amide bonds. The highest BCUT2D eigenvalue weighted by Gasteiger charge is 2.46. The van der Waals surface area contributed by atoms with Crippen LogP contribution in [-0.4, -0.2) is 22.2 Å². The number of hydrogen-bond acceptors (Lipinski definition) is 4. The largest absolute Gasteiger partial charge is 0.479 e. The normalized spacial score (nSPS) is 18.6. The van der Waals surface area contributed by atoms with Crippen LogP contribution in [0.25, 0.3) is 5.57 Å². The number of carbonyl (C=O) groups is 2. The molecule has 2 aromatic carbocycles. The first-order valence-corrected chi connectivity index (χ1v) is 8.11. The number of hydrogen-bond donors (Lipinski definition) is 3. The van der Waals surface area contributed by atoms with Crippen LogP contribution in [0.1, 0.15) is 5.56 Å². The molecule has 4 N–H and O–H groups in total. The van der Waals surface area contributed by atoms with Crippen LogP contribution in [0, 0.1) is 0 Å². The van der Waals surface area contributed by atoms with Crippen LogP contribution in [0.15, 0.2) is 53.5 Å². The van der Waals surface area contributed by atoms with E-state index in [0.717, 1.165) is 6.08 Å². The number of nitrogens with two attached hydrogens (primary N) is 1. The highest BCUT2D eigenvalue weighted by atomic mass is 35.5. The molecule has 0 saturated carbocycles. The first-order chi connectivity index (χ1) is 12.3. The zero-order valence-corrected chi connectivity index (χ0v) is 14.6. The van der Waals surface area contributed by atoms with Crippen LogP contribution >= 0.6 is 23.2 Å². The second-order valence-electron chi connectivity index (χ2n) is 5.62. The lowest BCUT2D eigenvalue weighted by Crippen LogP contribution is -2.34. The highest BCUT2D eigenvalue weighted by Crippen LogP contribution is 2.38. The first kappa shape index (κ1) is 18.0. The molecule has 0 aromatic heterocycles. The monoisotopic (exact) mass is 390 g/mol. The van der Waals surface area contributed by atoms with E-state index in [0.29, 0.717) is 16.5 Å². The number of nitrogens with zero attached hydrogens (tertiary/aromatic N) is 1. The van der Waals surface area contributed by atoms with E-state index in [-0.39, 0.29) is 21.0 Å². The molecule has 1 unspecified atom stereocenters. The summed E-state index contributed by atoms with van der Waals surface area (Å²) in [4.78, 5) is 27.7. The second-order valence-corrected chi connectivity index (χ2v) is 6.46. The fraction of sp³-hybridized carbons (Fsp3) is 0.0556. The Kier molecular flexibility index (Phi) is 4.48. The van der Waals surface area contributed by atoms with Gasteiger partial charge in [-0.15, -0.1) is 0 Å². The van der Waals surface area contributed by atoms with Crippen LogP contribution in [0.4, 0.5) is 5.69 Å². The van der Waals surface area contributed by atoms with Gasteiger partial charge in [-0.05, 0) is 35.9 Å². The van der Waals surface area contributed by atoms with E-state index in [1.807, 2.05) is 0 Å². The number of aliphatic carboxylic acids is 2. The summed E-state index contributed by atoms with van der Waals surface area (Å²) in [5.41, 5.74) is 4.72. The molecule has 1 atom stereocenters. The SMILES string of the molecule is Nc1ccc(C2(C(=O)O)N=c3cc(Cl)cc(Cl)c3=C2C=CC(=O)O)cc1. The van der Waals surface area contributed by atoms with Crippen molar-refractivity contribution in [3.05, 3.63) is 74.7 Å². The number of fused-ring (bicyclic) bond motifs is 1. The van der Waals surface area contributed by atoms with E-state index in [2.05, 4.69) is 4.99 Å². The number of benzene rings is 2. The van der Waals surface area contributed by atoms with Crippen molar-refractivity contribution in [2.75, 3.05) is 5.73 Å². The standard InChI is InChI=1S/C18H12Cl2N2O4/c19-10-7-13(20)16-12(5-6-15(23)24)18(17(25)26,22-14(16)8-10)9-1-3-11(21)4-2-9/h1-8H,21H2,(H,23,24)(H,25,26). The topological polar surface area (TPSA) is 113 Å².